The van der Waals surface area contributed by atoms with Crippen molar-refractivity contribution < 1.29 is 4.39 Å². The summed E-state index contributed by atoms with van der Waals surface area (Å²) in [5.74, 6) is -0.230. The summed E-state index contributed by atoms with van der Waals surface area (Å²) in [6, 6.07) is 6.49. The molecule has 0 spiro atoms. The number of nitrogens with one attached hydrogen (secondary N) is 1. The van der Waals surface area contributed by atoms with Crippen LogP contribution in [0.3, 0.4) is 0 Å². The molecule has 0 aliphatic carbocycles. The molecule has 2 heterocycles. The first-order chi connectivity index (χ1) is 9.15. The van der Waals surface area contributed by atoms with Crippen LogP contribution in [0, 0.1) is 19.7 Å². The smallest absolute Gasteiger partial charge is 0.194 e. The first-order valence-corrected chi connectivity index (χ1v) is 6.94. The number of thiazole rings is 1. The van der Waals surface area contributed by atoms with Gasteiger partial charge in [-0.25, -0.2) is 9.37 Å². The molecule has 98 valence electrons. The lowest BCUT2D eigenvalue weighted by atomic mass is 10.3. The fraction of sp³-hybridized carbons (Fsp3) is 0.214. The molecule has 3 aromatic rings. The number of rotatable bonds is 3. The Bertz CT molecular complexity index is 729. The summed E-state index contributed by atoms with van der Waals surface area (Å²) in [5.41, 5.74) is 4.09. The number of benzene rings is 1. The predicted octanol–water partition coefficient (Wildman–Crippen LogP) is 3.76. The van der Waals surface area contributed by atoms with Gasteiger partial charge in [0.25, 0.3) is 0 Å². The highest BCUT2D eigenvalue weighted by atomic mass is 32.1. The fourth-order valence-corrected chi connectivity index (χ4v) is 3.09. The standard InChI is InChI=1S/C14H14FN3S/c1-9-8-19-14-17-10(2)13(18(9)14)7-16-12-5-3-4-11(15)6-12/h3-6,8,16H,7H2,1-2H3. The monoisotopic (exact) mass is 275 g/mol. The van der Waals surface area contributed by atoms with Gasteiger partial charge in [-0.3, -0.25) is 4.40 Å². The zero-order valence-electron chi connectivity index (χ0n) is 10.8. The van der Waals surface area contributed by atoms with E-state index in [1.54, 1.807) is 17.4 Å². The van der Waals surface area contributed by atoms with Crippen molar-refractivity contribution in [1.82, 2.24) is 9.38 Å². The van der Waals surface area contributed by atoms with Crippen LogP contribution in [0.1, 0.15) is 17.1 Å². The molecule has 0 bridgehead atoms. The third-order valence-corrected chi connectivity index (χ3v) is 4.06. The van der Waals surface area contributed by atoms with Gasteiger partial charge in [-0.1, -0.05) is 6.07 Å². The molecule has 1 N–H and O–H groups in total. The van der Waals surface area contributed by atoms with Gasteiger partial charge in [0.1, 0.15) is 5.82 Å². The van der Waals surface area contributed by atoms with E-state index < -0.39 is 0 Å². The van der Waals surface area contributed by atoms with Crippen molar-refractivity contribution in [3.63, 3.8) is 0 Å². The second-order valence-electron chi connectivity index (χ2n) is 4.50. The van der Waals surface area contributed by atoms with Crippen LogP contribution in [-0.4, -0.2) is 9.38 Å². The number of aromatic nitrogens is 2. The number of halogens is 1. The molecule has 0 unspecified atom stereocenters. The lowest BCUT2D eigenvalue weighted by Crippen LogP contribution is -2.04. The van der Waals surface area contributed by atoms with E-state index in [0.717, 1.165) is 22.0 Å². The quantitative estimate of drug-likeness (QED) is 0.788. The maximum atomic E-state index is 13.1. The van der Waals surface area contributed by atoms with Gasteiger partial charge in [0.05, 0.1) is 17.9 Å². The van der Waals surface area contributed by atoms with Crippen LogP contribution in [0.25, 0.3) is 4.96 Å². The highest BCUT2D eigenvalue weighted by Crippen LogP contribution is 2.21. The molecule has 0 amide bonds. The number of aryl methyl sites for hydroxylation is 2. The number of imidazole rings is 1. The van der Waals surface area contributed by atoms with E-state index in [1.807, 2.05) is 13.0 Å². The van der Waals surface area contributed by atoms with Crippen molar-refractivity contribution in [3.8, 4) is 0 Å². The number of fused-ring (bicyclic) bond motifs is 1. The molecule has 1 aromatic carbocycles. The highest BCUT2D eigenvalue weighted by Gasteiger charge is 2.11. The summed E-state index contributed by atoms with van der Waals surface area (Å²) in [5, 5.41) is 5.33. The van der Waals surface area contributed by atoms with Crippen LogP contribution < -0.4 is 5.32 Å². The summed E-state index contributed by atoms with van der Waals surface area (Å²) < 4.78 is 15.3. The molecule has 0 atom stereocenters. The Balaban J connectivity index is 1.89. The first kappa shape index (κ1) is 12.2. The van der Waals surface area contributed by atoms with Crippen LogP contribution in [0.4, 0.5) is 10.1 Å². The summed E-state index contributed by atoms with van der Waals surface area (Å²) in [6.07, 6.45) is 0. The lowest BCUT2D eigenvalue weighted by Gasteiger charge is -2.07. The summed E-state index contributed by atoms with van der Waals surface area (Å²) in [4.78, 5) is 5.54. The molecule has 0 radical (unpaired) electrons. The van der Waals surface area contributed by atoms with Gasteiger partial charge in [0, 0.05) is 16.8 Å². The van der Waals surface area contributed by atoms with E-state index in [-0.39, 0.29) is 5.82 Å². The van der Waals surface area contributed by atoms with Gasteiger partial charge in [-0.15, -0.1) is 11.3 Å². The van der Waals surface area contributed by atoms with E-state index in [4.69, 9.17) is 0 Å². The molecule has 0 fully saturated rings. The molecule has 3 nitrogen and oxygen atoms in total. The molecule has 0 saturated heterocycles. The minimum Gasteiger partial charge on any atom is -0.379 e. The maximum Gasteiger partial charge on any atom is 0.194 e. The normalized spacial score (nSPS) is 11.1. The van der Waals surface area contributed by atoms with Crippen LogP contribution in [-0.2, 0) is 6.54 Å². The van der Waals surface area contributed by atoms with E-state index in [0.29, 0.717) is 6.54 Å². The SMILES string of the molecule is Cc1nc2scc(C)n2c1CNc1cccc(F)c1. The maximum absolute atomic E-state index is 13.1. The molecular weight excluding hydrogens is 261 g/mol. The number of hydrogen-bond donors (Lipinski definition) is 1. The van der Waals surface area contributed by atoms with Gasteiger partial charge >= 0.3 is 0 Å². The van der Waals surface area contributed by atoms with Crippen molar-refractivity contribution in [3.05, 3.63) is 52.5 Å². The summed E-state index contributed by atoms with van der Waals surface area (Å²) in [6.45, 7) is 4.70. The minimum absolute atomic E-state index is 0.230. The Morgan fingerprint density at radius 2 is 2.21 bits per heavy atom. The minimum atomic E-state index is -0.230. The zero-order chi connectivity index (χ0) is 13.4. The second-order valence-corrected chi connectivity index (χ2v) is 5.34. The van der Waals surface area contributed by atoms with Gasteiger partial charge < -0.3 is 5.32 Å². The molecule has 19 heavy (non-hydrogen) atoms. The van der Waals surface area contributed by atoms with Crippen molar-refractivity contribution in [2.24, 2.45) is 0 Å². The highest BCUT2D eigenvalue weighted by molar-refractivity contribution is 7.15. The zero-order valence-corrected chi connectivity index (χ0v) is 11.6. The van der Waals surface area contributed by atoms with E-state index in [2.05, 4.69) is 27.0 Å². The van der Waals surface area contributed by atoms with Crippen LogP contribution in [0.2, 0.25) is 0 Å². The molecular formula is C14H14FN3S. The Hall–Kier alpha value is -1.88. The van der Waals surface area contributed by atoms with Crippen molar-refractivity contribution in [2.45, 2.75) is 20.4 Å². The molecule has 0 saturated carbocycles. The summed E-state index contributed by atoms with van der Waals surface area (Å²) in [7, 11) is 0. The van der Waals surface area contributed by atoms with Crippen molar-refractivity contribution in [2.75, 3.05) is 5.32 Å². The Labute approximate surface area is 114 Å². The topological polar surface area (TPSA) is 29.3 Å². The van der Waals surface area contributed by atoms with Crippen LogP contribution in [0.5, 0.6) is 0 Å². The molecule has 3 rings (SSSR count). The largest absolute Gasteiger partial charge is 0.379 e. The van der Waals surface area contributed by atoms with Gasteiger partial charge in [-0.2, -0.15) is 0 Å². The van der Waals surface area contributed by atoms with E-state index in [1.165, 1.54) is 17.8 Å². The van der Waals surface area contributed by atoms with Crippen molar-refractivity contribution >= 4 is 22.0 Å². The number of nitrogens with zero attached hydrogens (tertiary/aromatic N) is 2. The molecule has 2 aromatic heterocycles. The Morgan fingerprint density at radius 3 is 3.00 bits per heavy atom. The van der Waals surface area contributed by atoms with Crippen LogP contribution in [0.15, 0.2) is 29.6 Å². The first-order valence-electron chi connectivity index (χ1n) is 6.06. The van der Waals surface area contributed by atoms with Gasteiger partial charge in [0.15, 0.2) is 4.96 Å². The summed E-state index contributed by atoms with van der Waals surface area (Å²) >= 11 is 1.64. The lowest BCUT2D eigenvalue weighted by molar-refractivity contribution is 0.628. The average Bonchev–Trinajstić information content (AvgIpc) is 2.87. The Morgan fingerprint density at radius 1 is 1.37 bits per heavy atom. The second kappa shape index (κ2) is 4.66. The number of anilines is 1. The predicted molar refractivity (Wildman–Crippen MR) is 76.3 cm³/mol. The average molecular weight is 275 g/mol. The third kappa shape index (κ3) is 2.21. The Kier molecular flexibility index (Phi) is 2.98. The van der Waals surface area contributed by atoms with E-state index in [9.17, 15) is 4.39 Å². The molecule has 0 aliphatic heterocycles. The van der Waals surface area contributed by atoms with Crippen molar-refractivity contribution in [1.29, 1.82) is 0 Å². The van der Waals surface area contributed by atoms with E-state index >= 15 is 0 Å². The van der Waals surface area contributed by atoms with Gasteiger partial charge in [0.2, 0.25) is 0 Å². The fourth-order valence-electron chi connectivity index (χ4n) is 2.16. The van der Waals surface area contributed by atoms with Gasteiger partial charge in [-0.05, 0) is 32.0 Å². The third-order valence-electron chi connectivity index (χ3n) is 3.11. The number of hydrogen-bond acceptors (Lipinski definition) is 3. The molecule has 0 aliphatic rings. The van der Waals surface area contributed by atoms with Crippen LogP contribution >= 0.6 is 11.3 Å². The molecule has 5 heteroatoms.